The van der Waals surface area contributed by atoms with Crippen molar-refractivity contribution in [1.82, 2.24) is 4.98 Å². The summed E-state index contributed by atoms with van der Waals surface area (Å²) in [6.07, 6.45) is 1.14. The van der Waals surface area contributed by atoms with Crippen LogP contribution in [0.15, 0.2) is 77.8 Å². The van der Waals surface area contributed by atoms with Crippen molar-refractivity contribution in [2.75, 3.05) is 10.6 Å². The lowest BCUT2D eigenvalue weighted by molar-refractivity contribution is -0.138. The summed E-state index contributed by atoms with van der Waals surface area (Å²) in [5.74, 6) is -1.22. The number of anilines is 2. The molecule has 164 valence electrons. The summed E-state index contributed by atoms with van der Waals surface area (Å²) < 4.78 is 0. The van der Waals surface area contributed by atoms with Crippen molar-refractivity contribution >= 4 is 52.7 Å². The van der Waals surface area contributed by atoms with Gasteiger partial charge >= 0.3 is 5.97 Å². The van der Waals surface area contributed by atoms with E-state index in [4.69, 9.17) is 16.7 Å². The zero-order chi connectivity index (χ0) is 22.9. The summed E-state index contributed by atoms with van der Waals surface area (Å²) in [5, 5.41) is 14.1. The minimum absolute atomic E-state index is 0.0964. The molecule has 1 atom stereocenters. The Morgan fingerprint density at radius 3 is 2.28 bits per heavy atom. The van der Waals surface area contributed by atoms with Gasteiger partial charge in [0.15, 0.2) is 0 Å². The number of carboxylic acid groups (broad SMARTS) is 1. The minimum atomic E-state index is -1.02. The van der Waals surface area contributed by atoms with Crippen molar-refractivity contribution in [1.29, 1.82) is 0 Å². The van der Waals surface area contributed by atoms with Gasteiger partial charge in [0.25, 0.3) is 0 Å². The Morgan fingerprint density at radius 2 is 1.66 bits per heavy atom. The van der Waals surface area contributed by atoms with E-state index < -0.39 is 11.2 Å². The smallest absolute Gasteiger partial charge is 0.303 e. The molecule has 0 bridgehead atoms. The lowest BCUT2D eigenvalue weighted by Gasteiger charge is -2.17. The quantitative estimate of drug-likeness (QED) is 0.380. The predicted octanol–water partition coefficient (Wildman–Crippen LogP) is 5.01. The van der Waals surface area contributed by atoms with Crippen LogP contribution in [0.2, 0.25) is 5.02 Å². The molecule has 32 heavy (non-hydrogen) atoms. The Morgan fingerprint density at radius 1 is 0.938 bits per heavy atom. The van der Waals surface area contributed by atoms with Gasteiger partial charge in [-0.2, -0.15) is 0 Å². The first-order valence-electron chi connectivity index (χ1n) is 9.66. The van der Waals surface area contributed by atoms with Crippen LogP contribution < -0.4 is 10.6 Å². The minimum Gasteiger partial charge on any atom is -0.481 e. The number of nitrogens with one attached hydrogen (secondary N) is 2. The molecule has 0 fully saturated rings. The second kappa shape index (κ2) is 11.3. The van der Waals surface area contributed by atoms with Crippen molar-refractivity contribution in [3.05, 3.63) is 83.5 Å². The van der Waals surface area contributed by atoms with Gasteiger partial charge in [-0.1, -0.05) is 41.9 Å². The molecular formula is C23H20ClN3O4S. The van der Waals surface area contributed by atoms with E-state index in [1.54, 1.807) is 36.4 Å². The monoisotopic (exact) mass is 469 g/mol. The Hall–Kier alpha value is -3.36. The second-order valence-electron chi connectivity index (χ2n) is 6.73. The average molecular weight is 470 g/mol. The number of amides is 2. The number of thioether (sulfide) groups is 1. The number of aliphatic carboxylic acids is 1. The third-order valence-electron chi connectivity index (χ3n) is 4.28. The fourth-order valence-electron chi connectivity index (χ4n) is 2.74. The summed E-state index contributed by atoms with van der Waals surface area (Å²) in [5.41, 5.74) is 1.38. The SMILES string of the molecule is O=C(O)CCC(=O)Nc1ccc(SC(C(=O)Nc2ccc(Cl)cn2)c2ccccc2)cc1. The van der Waals surface area contributed by atoms with Crippen molar-refractivity contribution in [2.45, 2.75) is 23.0 Å². The van der Waals surface area contributed by atoms with Crippen LogP contribution in [0.4, 0.5) is 11.5 Å². The highest BCUT2D eigenvalue weighted by Gasteiger charge is 2.22. The van der Waals surface area contributed by atoms with Gasteiger partial charge in [0.2, 0.25) is 11.8 Å². The van der Waals surface area contributed by atoms with Gasteiger partial charge in [0, 0.05) is 23.2 Å². The molecule has 0 aliphatic heterocycles. The molecule has 0 spiro atoms. The van der Waals surface area contributed by atoms with Gasteiger partial charge in [-0.15, -0.1) is 11.8 Å². The number of nitrogens with zero attached hydrogens (tertiary/aromatic N) is 1. The molecule has 2 aromatic carbocycles. The highest BCUT2D eigenvalue weighted by atomic mass is 35.5. The molecule has 3 N–H and O–H groups in total. The Kier molecular flexibility index (Phi) is 8.24. The van der Waals surface area contributed by atoms with Crippen LogP contribution in [0.5, 0.6) is 0 Å². The molecule has 0 aliphatic carbocycles. The number of carboxylic acids is 1. The largest absolute Gasteiger partial charge is 0.481 e. The molecule has 1 aromatic heterocycles. The molecule has 2 amide bonds. The molecule has 3 rings (SSSR count). The number of benzene rings is 2. The fourth-order valence-corrected chi connectivity index (χ4v) is 3.88. The molecule has 9 heteroatoms. The van der Waals surface area contributed by atoms with Gasteiger partial charge in [-0.3, -0.25) is 14.4 Å². The van der Waals surface area contributed by atoms with Crippen molar-refractivity contribution in [3.63, 3.8) is 0 Å². The van der Waals surface area contributed by atoms with Crippen LogP contribution >= 0.6 is 23.4 Å². The van der Waals surface area contributed by atoms with Crippen LogP contribution in [0.1, 0.15) is 23.7 Å². The molecule has 0 saturated heterocycles. The molecule has 0 saturated carbocycles. The number of rotatable bonds is 9. The topological polar surface area (TPSA) is 108 Å². The predicted molar refractivity (Wildman–Crippen MR) is 125 cm³/mol. The van der Waals surface area contributed by atoms with Crippen LogP contribution in [-0.2, 0) is 14.4 Å². The molecule has 0 aliphatic rings. The van der Waals surface area contributed by atoms with Crippen LogP contribution in [0, 0.1) is 0 Å². The third-order valence-corrected chi connectivity index (χ3v) is 5.77. The molecule has 7 nitrogen and oxygen atoms in total. The van der Waals surface area contributed by atoms with E-state index in [2.05, 4.69) is 15.6 Å². The summed E-state index contributed by atoms with van der Waals surface area (Å²) in [6, 6.07) is 19.7. The maximum absolute atomic E-state index is 13.0. The van der Waals surface area contributed by atoms with E-state index in [1.807, 2.05) is 30.3 Å². The zero-order valence-corrected chi connectivity index (χ0v) is 18.4. The zero-order valence-electron chi connectivity index (χ0n) is 16.8. The summed E-state index contributed by atoms with van der Waals surface area (Å²) in [4.78, 5) is 40.4. The normalized spacial score (nSPS) is 11.4. The van der Waals surface area contributed by atoms with Gasteiger partial charge in [0.05, 0.1) is 11.4 Å². The first kappa shape index (κ1) is 23.3. The summed E-state index contributed by atoms with van der Waals surface area (Å²) in [7, 11) is 0. The van der Waals surface area contributed by atoms with Gasteiger partial charge < -0.3 is 15.7 Å². The highest BCUT2D eigenvalue weighted by molar-refractivity contribution is 8.00. The number of carbonyl (C=O) groups is 3. The maximum atomic E-state index is 13.0. The van der Waals surface area contributed by atoms with Crippen molar-refractivity contribution in [2.24, 2.45) is 0 Å². The molecule has 1 unspecified atom stereocenters. The van der Waals surface area contributed by atoms with Crippen molar-refractivity contribution in [3.8, 4) is 0 Å². The van der Waals surface area contributed by atoms with Gasteiger partial charge in [-0.05, 0) is 42.0 Å². The van der Waals surface area contributed by atoms with E-state index >= 15 is 0 Å². The summed E-state index contributed by atoms with van der Waals surface area (Å²) >= 11 is 7.22. The number of aromatic nitrogens is 1. The van der Waals surface area contributed by atoms with Crippen LogP contribution in [-0.4, -0.2) is 27.9 Å². The Labute approximate surface area is 194 Å². The number of carbonyl (C=O) groups excluding carboxylic acids is 2. The standard InChI is InChI=1S/C23H20ClN3O4S/c24-16-6-11-19(25-14-16)27-23(31)22(15-4-2-1-3-5-15)32-18-9-7-17(8-10-18)26-20(28)12-13-21(29)30/h1-11,14,22H,12-13H2,(H,26,28)(H,29,30)(H,25,27,31). The van der Waals surface area contributed by atoms with E-state index in [-0.39, 0.29) is 24.7 Å². The average Bonchev–Trinajstić information content (AvgIpc) is 2.79. The van der Waals surface area contributed by atoms with Crippen molar-refractivity contribution < 1.29 is 19.5 Å². The van der Waals surface area contributed by atoms with Crippen LogP contribution in [0.3, 0.4) is 0 Å². The first-order valence-corrected chi connectivity index (χ1v) is 10.9. The highest BCUT2D eigenvalue weighted by Crippen LogP contribution is 2.36. The third kappa shape index (κ3) is 7.11. The van der Waals surface area contributed by atoms with E-state index in [0.717, 1.165) is 10.5 Å². The molecule has 0 radical (unpaired) electrons. The Bertz CT molecular complexity index is 1080. The van der Waals surface area contributed by atoms with E-state index in [0.29, 0.717) is 16.5 Å². The first-order chi connectivity index (χ1) is 15.4. The van der Waals surface area contributed by atoms with Gasteiger partial charge in [0.1, 0.15) is 11.1 Å². The molecule has 3 aromatic rings. The molecular weight excluding hydrogens is 450 g/mol. The Balaban J connectivity index is 1.70. The fraction of sp³-hybridized carbons (Fsp3) is 0.130. The molecule has 1 heterocycles. The van der Waals surface area contributed by atoms with E-state index in [9.17, 15) is 14.4 Å². The number of hydrogen-bond donors (Lipinski definition) is 3. The maximum Gasteiger partial charge on any atom is 0.303 e. The lowest BCUT2D eigenvalue weighted by Crippen LogP contribution is -2.19. The van der Waals surface area contributed by atoms with Crippen LogP contribution in [0.25, 0.3) is 0 Å². The second-order valence-corrected chi connectivity index (χ2v) is 8.34. The lowest BCUT2D eigenvalue weighted by atomic mass is 10.1. The number of halogens is 1. The summed E-state index contributed by atoms with van der Waals surface area (Å²) in [6.45, 7) is 0. The van der Waals surface area contributed by atoms with Gasteiger partial charge in [-0.25, -0.2) is 4.98 Å². The van der Waals surface area contributed by atoms with E-state index in [1.165, 1.54) is 18.0 Å². The number of pyridine rings is 1. The number of hydrogen-bond acceptors (Lipinski definition) is 5.